The predicted octanol–water partition coefficient (Wildman–Crippen LogP) is 1.50. The lowest BCUT2D eigenvalue weighted by molar-refractivity contribution is 0.0827. The molecule has 0 aromatic heterocycles. The Kier molecular flexibility index (Phi) is 2.48. The molecular weight excluding hydrogens is 150 g/mol. The van der Waals surface area contributed by atoms with Gasteiger partial charge in [-0.2, -0.15) is 0 Å². The number of hydrogen-bond acceptors (Lipinski definition) is 1. The first kappa shape index (κ1) is 8.78. The van der Waals surface area contributed by atoms with E-state index >= 15 is 0 Å². The highest BCUT2D eigenvalue weighted by atomic mass is 16.2. The Hall–Kier alpha value is -1.31. The fraction of sp³-hybridized carbons (Fsp3) is 0.300. The molecule has 0 N–H and O–H groups in total. The van der Waals surface area contributed by atoms with Gasteiger partial charge in [-0.1, -0.05) is 6.07 Å². The van der Waals surface area contributed by atoms with E-state index in [1.54, 1.807) is 31.1 Å². The van der Waals surface area contributed by atoms with Crippen LogP contribution in [0.15, 0.2) is 18.2 Å². The number of amides is 1. The van der Waals surface area contributed by atoms with Crippen molar-refractivity contribution in [3.8, 4) is 0 Å². The molecule has 0 saturated carbocycles. The summed E-state index contributed by atoms with van der Waals surface area (Å²) in [7, 11) is 3.49. The van der Waals surface area contributed by atoms with Crippen LogP contribution in [0, 0.1) is 13.0 Å². The van der Waals surface area contributed by atoms with Gasteiger partial charge in [0.1, 0.15) is 0 Å². The molecule has 0 fully saturated rings. The summed E-state index contributed by atoms with van der Waals surface area (Å²) in [4.78, 5) is 13.0. The van der Waals surface area contributed by atoms with Gasteiger partial charge in [0.15, 0.2) is 0 Å². The van der Waals surface area contributed by atoms with Crippen molar-refractivity contribution in [2.45, 2.75) is 6.92 Å². The van der Waals surface area contributed by atoms with Crippen molar-refractivity contribution < 1.29 is 4.79 Å². The second-order valence-electron chi connectivity index (χ2n) is 2.96. The molecule has 0 heterocycles. The molecule has 0 aliphatic rings. The van der Waals surface area contributed by atoms with E-state index in [0.717, 1.165) is 11.1 Å². The first-order chi connectivity index (χ1) is 5.61. The Morgan fingerprint density at radius 3 is 2.67 bits per heavy atom. The Labute approximate surface area is 72.8 Å². The molecule has 1 aromatic rings. The lowest BCUT2D eigenvalue weighted by Gasteiger charge is -2.09. The monoisotopic (exact) mass is 162 g/mol. The maximum atomic E-state index is 11.4. The third-order valence-electron chi connectivity index (χ3n) is 1.60. The molecule has 0 bridgehead atoms. The summed E-state index contributed by atoms with van der Waals surface area (Å²) in [5, 5.41) is 0. The molecule has 0 saturated heterocycles. The van der Waals surface area contributed by atoms with Crippen molar-refractivity contribution >= 4 is 5.91 Å². The minimum absolute atomic E-state index is 0.0344. The summed E-state index contributed by atoms with van der Waals surface area (Å²) in [6.45, 7) is 1.92. The van der Waals surface area contributed by atoms with E-state index in [9.17, 15) is 4.79 Å². The zero-order chi connectivity index (χ0) is 9.14. The van der Waals surface area contributed by atoms with Gasteiger partial charge in [0, 0.05) is 19.7 Å². The molecule has 0 spiro atoms. The topological polar surface area (TPSA) is 20.3 Å². The van der Waals surface area contributed by atoms with E-state index in [2.05, 4.69) is 6.07 Å². The Morgan fingerprint density at radius 2 is 2.17 bits per heavy atom. The van der Waals surface area contributed by atoms with Crippen molar-refractivity contribution in [2.75, 3.05) is 14.1 Å². The maximum Gasteiger partial charge on any atom is 0.253 e. The third kappa shape index (κ3) is 1.84. The van der Waals surface area contributed by atoms with E-state index in [4.69, 9.17) is 0 Å². The summed E-state index contributed by atoms with van der Waals surface area (Å²) in [5.74, 6) is 0.0344. The molecule has 2 heteroatoms. The van der Waals surface area contributed by atoms with Crippen LogP contribution in [0.3, 0.4) is 0 Å². The fourth-order valence-corrected chi connectivity index (χ4v) is 0.977. The third-order valence-corrected chi connectivity index (χ3v) is 1.60. The van der Waals surface area contributed by atoms with Gasteiger partial charge in [0.2, 0.25) is 0 Å². The van der Waals surface area contributed by atoms with Gasteiger partial charge in [0.05, 0.1) is 0 Å². The molecule has 1 aromatic carbocycles. The molecule has 12 heavy (non-hydrogen) atoms. The minimum atomic E-state index is 0.0344. The smallest absolute Gasteiger partial charge is 0.253 e. The van der Waals surface area contributed by atoms with Crippen LogP contribution in [0.2, 0.25) is 0 Å². The van der Waals surface area contributed by atoms with Gasteiger partial charge in [-0.05, 0) is 30.7 Å². The predicted molar refractivity (Wildman–Crippen MR) is 48.0 cm³/mol. The molecule has 1 rings (SSSR count). The van der Waals surface area contributed by atoms with Gasteiger partial charge in [-0.15, -0.1) is 0 Å². The van der Waals surface area contributed by atoms with Crippen molar-refractivity contribution in [3.63, 3.8) is 0 Å². The van der Waals surface area contributed by atoms with Crippen molar-refractivity contribution in [3.05, 3.63) is 35.4 Å². The van der Waals surface area contributed by atoms with Crippen molar-refractivity contribution in [1.29, 1.82) is 0 Å². The normalized spacial score (nSPS) is 9.58. The lowest BCUT2D eigenvalue weighted by Crippen LogP contribution is -2.21. The largest absolute Gasteiger partial charge is 0.345 e. The molecule has 0 aliphatic heterocycles. The molecular formula is C10H12NO. The molecule has 0 unspecified atom stereocenters. The Balaban J connectivity index is 2.96. The Morgan fingerprint density at radius 1 is 1.50 bits per heavy atom. The number of nitrogens with zero attached hydrogens (tertiary/aromatic N) is 1. The summed E-state index contributed by atoms with van der Waals surface area (Å²) in [5.41, 5.74) is 1.71. The van der Waals surface area contributed by atoms with E-state index in [-0.39, 0.29) is 5.91 Å². The van der Waals surface area contributed by atoms with Gasteiger partial charge in [-0.25, -0.2) is 0 Å². The molecule has 1 amide bonds. The molecule has 0 atom stereocenters. The van der Waals surface area contributed by atoms with E-state index < -0.39 is 0 Å². The summed E-state index contributed by atoms with van der Waals surface area (Å²) >= 11 is 0. The van der Waals surface area contributed by atoms with Gasteiger partial charge in [0.25, 0.3) is 5.91 Å². The van der Waals surface area contributed by atoms with E-state index in [0.29, 0.717) is 0 Å². The first-order valence-corrected chi connectivity index (χ1v) is 3.81. The minimum Gasteiger partial charge on any atom is -0.345 e. The van der Waals surface area contributed by atoms with E-state index in [1.807, 2.05) is 13.0 Å². The second-order valence-corrected chi connectivity index (χ2v) is 2.96. The van der Waals surface area contributed by atoms with Gasteiger partial charge < -0.3 is 4.90 Å². The zero-order valence-electron chi connectivity index (χ0n) is 7.59. The van der Waals surface area contributed by atoms with Crippen molar-refractivity contribution in [2.24, 2.45) is 0 Å². The fourth-order valence-electron chi connectivity index (χ4n) is 0.977. The highest BCUT2D eigenvalue weighted by molar-refractivity contribution is 5.93. The molecule has 2 nitrogen and oxygen atoms in total. The van der Waals surface area contributed by atoms with Crippen LogP contribution in [0.5, 0.6) is 0 Å². The number of carbonyl (C=O) groups excluding carboxylic acids is 1. The quantitative estimate of drug-likeness (QED) is 0.612. The van der Waals surface area contributed by atoms with Crippen LogP contribution in [0.4, 0.5) is 0 Å². The SMILES string of the molecule is Cc1[c]ccc(C(=O)N(C)C)c1. The van der Waals surface area contributed by atoms with Gasteiger partial charge in [-0.3, -0.25) is 4.79 Å². The zero-order valence-corrected chi connectivity index (χ0v) is 7.59. The highest BCUT2D eigenvalue weighted by Gasteiger charge is 2.06. The van der Waals surface area contributed by atoms with Crippen LogP contribution < -0.4 is 0 Å². The number of aryl methyl sites for hydroxylation is 1. The average molecular weight is 162 g/mol. The summed E-state index contributed by atoms with van der Waals surface area (Å²) in [6, 6.07) is 8.37. The number of rotatable bonds is 1. The number of hydrogen-bond donors (Lipinski definition) is 0. The summed E-state index contributed by atoms with van der Waals surface area (Å²) < 4.78 is 0. The molecule has 1 radical (unpaired) electrons. The number of benzene rings is 1. The highest BCUT2D eigenvalue weighted by Crippen LogP contribution is 2.04. The van der Waals surface area contributed by atoms with Crippen molar-refractivity contribution in [1.82, 2.24) is 4.90 Å². The second kappa shape index (κ2) is 3.39. The Bertz CT molecular complexity index is 292. The van der Waals surface area contributed by atoms with Crippen LogP contribution >= 0.6 is 0 Å². The van der Waals surface area contributed by atoms with Gasteiger partial charge >= 0.3 is 0 Å². The van der Waals surface area contributed by atoms with Crippen LogP contribution in [0.25, 0.3) is 0 Å². The number of carbonyl (C=O) groups is 1. The molecule has 63 valence electrons. The van der Waals surface area contributed by atoms with E-state index in [1.165, 1.54) is 0 Å². The summed E-state index contributed by atoms with van der Waals surface area (Å²) in [6.07, 6.45) is 0. The van der Waals surface area contributed by atoms with Crippen LogP contribution in [0.1, 0.15) is 15.9 Å². The first-order valence-electron chi connectivity index (χ1n) is 3.81. The van der Waals surface area contributed by atoms with Crippen LogP contribution in [-0.2, 0) is 0 Å². The lowest BCUT2D eigenvalue weighted by atomic mass is 10.1. The maximum absolute atomic E-state index is 11.4. The molecule has 0 aliphatic carbocycles. The standard InChI is InChI=1S/C10H12NO/c1-8-5-4-6-9(7-8)10(12)11(2)3/h4,6-7H,1-3H3. The average Bonchev–Trinajstić information content (AvgIpc) is 2.03. The van der Waals surface area contributed by atoms with Crippen LogP contribution in [-0.4, -0.2) is 24.9 Å².